The van der Waals surface area contributed by atoms with Crippen molar-refractivity contribution in [3.05, 3.63) is 81.7 Å². The molecule has 0 radical (unpaired) electrons. The van der Waals surface area contributed by atoms with Crippen molar-refractivity contribution < 1.29 is 27.4 Å². The second kappa shape index (κ2) is 10.5. The molecule has 6 rings (SSSR count). The molecule has 0 saturated carbocycles. The Balaban J connectivity index is 1.49. The minimum atomic E-state index is -3.99. The molecule has 0 saturated heterocycles. The average Bonchev–Trinajstić information content (AvgIpc) is 3.53. The zero-order valence-electron chi connectivity index (χ0n) is 24.0. The van der Waals surface area contributed by atoms with Crippen LogP contribution >= 0.6 is 0 Å². The third-order valence-corrected chi connectivity index (χ3v) is 10.7. The number of hydrogen-bond donors (Lipinski definition) is 1. The van der Waals surface area contributed by atoms with Gasteiger partial charge in [-0.3, -0.25) is 4.79 Å². The Labute approximate surface area is 244 Å². The topological polar surface area (TPSA) is 115 Å². The summed E-state index contributed by atoms with van der Waals surface area (Å²) >= 11 is 0. The van der Waals surface area contributed by atoms with Gasteiger partial charge < -0.3 is 9.84 Å². The van der Waals surface area contributed by atoms with Crippen LogP contribution in [0.2, 0.25) is 0 Å². The van der Waals surface area contributed by atoms with Crippen molar-refractivity contribution in [1.82, 2.24) is 19.3 Å². The highest BCUT2D eigenvalue weighted by Gasteiger charge is 2.42. The first kappa shape index (κ1) is 28.3. The molecule has 0 spiro atoms. The molecule has 9 nitrogen and oxygen atoms in total. The van der Waals surface area contributed by atoms with Gasteiger partial charge in [0.25, 0.3) is 0 Å². The van der Waals surface area contributed by atoms with Crippen LogP contribution in [0.15, 0.2) is 47.4 Å². The van der Waals surface area contributed by atoms with Crippen molar-refractivity contribution >= 4 is 27.0 Å². The molecular formula is C31H33FN4O5S. The zero-order chi connectivity index (χ0) is 29.9. The number of rotatable bonds is 6. The van der Waals surface area contributed by atoms with E-state index < -0.39 is 33.8 Å². The first-order valence-corrected chi connectivity index (χ1v) is 15.4. The number of ether oxygens (including phenoxy) is 1. The number of aliphatic carboxylic acids is 1. The van der Waals surface area contributed by atoms with Crippen LogP contribution in [0.3, 0.4) is 0 Å². The van der Waals surface area contributed by atoms with Gasteiger partial charge in [-0.15, -0.1) is 5.10 Å². The molecule has 1 aromatic heterocycles. The van der Waals surface area contributed by atoms with Crippen molar-refractivity contribution in [3.8, 4) is 5.75 Å². The van der Waals surface area contributed by atoms with Crippen LogP contribution in [0.5, 0.6) is 5.75 Å². The molecule has 1 N–H and O–H groups in total. The second-order valence-electron chi connectivity index (χ2n) is 11.5. The van der Waals surface area contributed by atoms with E-state index in [4.69, 9.17) is 4.74 Å². The maximum atomic E-state index is 14.3. The standard InChI is InChI=1S/C31H33FN4O5S/c1-17-11-19-6-7-21(32)14-28(19)42(39,40)36(16-17)26-10-9-23-22(8-5-18(2)30(23)26)24(15-29(37)38)20-12-25-31(27(13-20)41-4)35(3)34-33-25/h5-8,12-14,17,24,26H,9-11,15-16H2,1-4H3,(H,37,38)/t17-,24?,26+/m0/s1. The zero-order valence-corrected chi connectivity index (χ0v) is 24.8. The summed E-state index contributed by atoms with van der Waals surface area (Å²) in [5.41, 5.74) is 6.33. The minimum absolute atomic E-state index is 0.0298. The molecule has 2 aliphatic rings. The first-order chi connectivity index (χ1) is 20.0. The third-order valence-electron chi connectivity index (χ3n) is 8.70. The van der Waals surface area contributed by atoms with E-state index in [1.807, 2.05) is 38.1 Å². The molecule has 1 aliphatic carbocycles. The second-order valence-corrected chi connectivity index (χ2v) is 13.4. The first-order valence-electron chi connectivity index (χ1n) is 14.0. The van der Waals surface area contributed by atoms with E-state index in [2.05, 4.69) is 10.3 Å². The van der Waals surface area contributed by atoms with Crippen LogP contribution in [-0.4, -0.2) is 52.4 Å². The quantitative estimate of drug-likeness (QED) is 0.339. The lowest BCUT2D eigenvalue weighted by molar-refractivity contribution is -0.137. The summed E-state index contributed by atoms with van der Waals surface area (Å²) in [6.45, 7) is 4.29. The predicted molar refractivity (Wildman–Crippen MR) is 155 cm³/mol. The van der Waals surface area contributed by atoms with Crippen molar-refractivity contribution in [1.29, 1.82) is 0 Å². The monoisotopic (exact) mass is 592 g/mol. The molecule has 42 heavy (non-hydrogen) atoms. The van der Waals surface area contributed by atoms with Gasteiger partial charge in [-0.25, -0.2) is 17.5 Å². The van der Waals surface area contributed by atoms with Gasteiger partial charge in [0, 0.05) is 19.5 Å². The fraction of sp³-hybridized carbons (Fsp3) is 0.387. The number of aromatic nitrogens is 3. The summed E-state index contributed by atoms with van der Waals surface area (Å²) in [6, 6.07) is 11.2. The van der Waals surface area contributed by atoms with Gasteiger partial charge in [0.15, 0.2) is 0 Å². The van der Waals surface area contributed by atoms with E-state index in [9.17, 15) is 22.7 Å². The Morgan fingerprint density at radius 3 is 2.74 bits per heavy atom. The molecule has 3 atom stereocenters. The van der Waals surface area contributed by atoms with Crippen LogP contribution in [0, 0.1) is 18.7 Å². The lowest BCUT2D eigenvalue weighted by atomic mass is 9.83. The number of methoxy groups -OCH3 is 1. The van der Waals surface area contributed by atoms with Gasteiger partial charge in [0.05, 0.1) is 24.5 Å². The molecule has 1 aliphatic heterocycles. The Morgan fingerprint density at radius 2 is 2.00 bits per heavy atom. The number of carboxylic acids is 1. The fourth-order valence-electron chi connectivity index (χ4n) is 6.90. The minimum Gasteiger partial charge on any atom is -0.494 e. The molecule has 2 heterocycles. The summed E-state index contributed by atoms with van der Waals surface area (Å²) in [7, 11) is -0.666. The number of aryl methyl sites for hydroxylation is 2. The smallest absolute Gasteiger partial charge is 0.304 e. The van der Waals surface area contributed by atoms with Gasteiger partial charge in [-0.1, -0.05) is 30.3 Å². The maximum absolute atomic E-state index is 14.3. The SMILES string of the molecule is COc1cc(C(CC(=O)O)c2ccc(C)c3c2CC[C@H]3N2C[C@@H](C)Cc3ccc(F)cc3S2(=O)=O)cc2nnn(C)c12. The summed E-state index contributed by atoms with van der Waals surface area (Å²) in [4.78, 5) is 12.2. The highest BCUT2D eigenvalue weighted by atomic mass is 32.2. The van der Waals surface area contributed by atoms with Crippen LogP contribution in [-0.2, 0) is 34.7 Å². The molecular weight excluding hydrogens is 559 g/mol. The number of sulfonamides is 1. The van der Waals surface area contributed by atoms with E-state index in [1.165, 1.54) is 6.07 Å². The van der Waals surface area contributed by atoms with E-state index in [0.29, 0.717) is 48.2 Å². The molecule has 11 heteroatoms. The Hall–Kier alpha value is -3.83. The normalized spacial score (nSPS) is 20.6. The van der Waals surface area contributed by atoms with Crippen molar-refractivity contribution in [2.45, 2.75) is 56.4 Å². The van der Waals surface area contributed by atoms with Gasteiger partial charge in [-0.05, 0) is 89.8 Å². The molecule has 0 bridgehead atoms. The number of fused-ring (bicyclic) bond motifs is 3. The van der Waals surface area contributed by atoms with Gasteiger partial charge in [0.2, 0.25) is 10.0 Å². The highest BCUT2D eigenvalue weighted by molar-refractivity contribution is 7.89. The van der Waals surface area contributed by atoms with E-state index in [-0.39, 0.29) is 17.2 Å². The Kier molecular flexibility index (Phi) is 7.05. The fourth-order valence-corrected chi connectivity index (χ4v) is 8.89. The van der Waals surface area contributed by atoms with Crippen molar-refractivity contribution in [3.63, 3.8) is 0 Å². The summed E-state index contributed by atoms with van der Waals surface area (Å²) in [5.74, 6) is -1.48. The maximum Gasteiger partial charge on any atom is 0.304 e. The Bertz CT molecular complexity index is 1840. The lowest BCUT2D eigenvalue weighted by Gasteiger charge is -2.30. The lowest BCUT2D eigenvalue weighted by Crippen LogP contribution is -2.36. The average molecular weight is 593 g/mol. The summed E-state index contributed by atoms with van der Waals surface area (Å²) in [6.07, 6.45) is 1.52. The predicted octanol–water partition coefficient (Wildman–Crippen LogP) is 4.90. The summed E-state index contributed by atoms with van der Waals surface area (Å²) in [5, 5.41) is 18.3. The van der Waals surface area contributed by atoms with E-state index in [0.717, 1.165) is 33.9 Å². The van der Waals surface area contributed by atoms with Crippen LogP contribution < -0.4 is 4.74 Å². The molecule has 220 valence electrons. The summed E-state index contributed by atoms with van der Waals surface area (Å²) < 4.78 is 51.2. The van der Waals surface area contributed by atoms with Gasteiger partial charge >= 0.3 is 5.97 Å². The molecule has 0 amide bonds. The van der Waals surface area contributed by atoms with Crippen LogP contribution in [0.1, 0.15) is 65.1 Å². The van der Waals surface area contributed by atoms with E-state index in [1.54, 1.807) is 29.2 Å². The van der Waals surface area contributed by atoms with Crippen LogP contribution in [0.4, 0.5) is 4.39 Å². The number of nitrogens with zero attached hydrogens (tertiary/aromatic N) is 4. The molecule has 4 aromatic rings. The van der Waals surface area contributed by atoms with Crippen molar-refractivity contribution in [2.75, 3.05) is 13.7 Å². The molecule has 1 unspecified atom stereocenters. The molecule has 0 fully saturated rings. The molecule has 3 aromatic carbocycles. The Morgan fingerprint density at radius 1 is 1.21 bits per heavy atom. The van der Waals surface area contributed by atoms with Gasteiger partial charge in [0.1, 0.15) is 22.6 Å². The number of hydrogen-bond acceptors (Lipinski definition) is 6. The van der Waals surface area contributed by atoms with Crippen molar-refractivity contribution in [2.24, 2.45) is 13.0 Å². The largest absolute Gasteiger partial charge is 0.494 e. The number of halogens is 1. The third kappa shape index (κ3) is 4.64. The van der Waals surface area contributed by atoms with E-state index >= 15 is 0 Å². The van der Waals surface area contributed by atoms with Gasteiger partial charge in [-0.2, -0.15) is 4.31 Å². The van der Waals surface area contributed by atoms with Crippen LogP contribution in [0.25, 0.3) is 11.0 Å². The number of carbonyl (C=O) groups is 1. The number of carboxylic acid groups (broad SMARTS) is 1. The number of benzene rings is 3. The highest BCUT2D eigenvalue weighted by Crippen LogP contribution is 2.47.